The highest BCUT2D eigenvalue weighted by atomic mass is 79.9. The minimum Gasteiger partial charge on any atom is -0.392 e. The summed E-state index contributed by atoms with van der Waals surface area (Å²) in [6.07, 6.45) is 3.41. The predicted octanol–water partition coefficient (Wildman–Crippen LogP) is 2.28. The highest BCUT2D eigenvalue weighted by molar-refractivity contribution is 9.10. The number of rotatable bonds is 6. The summed E-state index contributed by atoms with van der Waals surface area (Å²) in [7, 11) is -3.52. The van der Waals surface area contributed by atoms with E-state index in [1.807, 2.05) is 0 Å². The number of sulfonamides is 1. The van der Waals surface area contributed by atoms with Gasteiger partial charge in [0.15, 0.2) is 0 Å². The average molecular weight is 346 g/mol. The number of hydrogen-bond acceptors (Lipinski definition) is 3. The van der Waals surface area contributed by atoms with Gasteiger partial charge in [0.1, 0.15) is 0 Å². The van der Waals surface area contributed by atoms with Crippen LogP contribution in [0.5, 0.6) is 0 Å². The molecule has 0 aliphatic heterocycles. The SMILES string of the molecule is C=CCN(C1CC1)S(=O)(=O)c1ccc(CO)cc1Br. The van der Waals surface area contributed by atoms with E-state index in [1.54, 1.807) is 18.2 Å². The fraction of sp³-hybridized carbons (Fsp3) is 0.385. The lowest BCUT2D eigenvalue weighted by atomic mass is 10.2. The van der Waals surface area contributed by atoms with Crippen LogP contribution in [0.25, 0.3) is 0 Å². The highest BCUT2D eigenvalue weighted by Gasteiger charge is 2.37. The molecule has 1 aromatic carbocycles. The number of benzene rings is 1. The number of halogens is 1. The van der Waals surface area contributed by atoms with Gasteiger partial charge in [-0.1, -0.05) is 12.1 Å². The first-order valence-corrected chi connectivity index (χ1v) is 8.26. The van der Waals surface area contributed by atoms with Crippen LogP contribution in [-0.4, -0.2) is 30.4 Å². The van der Waals surface area contributed by atoms with Gasteiger partial charge in [0.2, 0.25) is 10.0 Å². The van der Waals surface area contributed by atoms with Crippen LogP contribution in [0.4, 0.5) is 0 Å². The maximum Gasteiger partial charge on any atom is 0.244 e. The second-order valence-corrected chi connectivity index (χ2v) is 7.23. The van der Waals surface area contributed by atoms with Crippen molar-refractivity contribution in [3.8, 4) is 0 Å². The third kappa shape index (κ3) is 3.08. The Kier molecular flexibility index (Phi) is 4.45. The molecule has 1 N–H and O–H groups in total. The standard InChI is InChI=1S/C13H16BrNO3S/c1-2-7-15(11-4-5-11)19(17,18)13-6-3-10(9-16)8-12(13)14/h2-3,6,8,11,16H,1,4-5,7,9H2. The molecule has 104 valence electrons. The Hall–Kier alpha value is -0.690. The molecule has 19 heavy (non-hydrogen) atoms. The van der Waals surface area contributed by atoms with E-state index in [0.29, 0.717) is 16.6 Å². The Balaban J connectivity index is 2.40. The minimum absolute atomic E-state index is 0.0902. The second-order valence-electron chi connectivity index (χ2n) is 4.52. The molecule has 1 aliphatic carbocycles. The molecule has 1 saturated carbocycles. The summed E-state index contributed by atoms with van der Waals surface area (Å²) in [6.45, 7) is 3.82. The van der Waals surface area contributed by atoms with Gasteiger partial charge >= 0.3 is 0 Å². The number of nitrogens with zero attached hydrogens (tertiary/aromatic N) is 1. The normalized spacial score (nSPS) is 15.7. The number of aliphatic hydroxyl groups excluding tert-OH is 1. The molecule has 0 bridgehead atoms. The lowest BCUT2D eigenvalue weighted by molar-refractivity contribution is 0.281. The van der Waals surface area contributed by atoms with Gasteiger partial charge in [-0.25, -0.2) is 8.42 Å². The van der Waals surface area contributed by atoms with E-state index in [4.69, 9.17) is 5.11 Å². The molecule has 0 saturated heterocycles. The van der Waals surface area contributed by atoms with Crippen molar-refractivity contribution >= 4 is 26.0 Å². The van der Waals surface area contributed by atoms with E-state index < -0.39 is 10.0 Å². The van der Waals surface area contributed by atoms with Gasteiger partial charge in [0.25, 0.3) is 0 Å². The lowest BCUT2D eigenvalue weighted by Crippen LogP contribution is -2.33. The van der Waals surface area contributed by atoms with Gasteiger partial charge in [-0.3, -0.25) is 0 Å². The van der Waals surface area contributed by atoms with Crippen molar-refractivity contribution in [3.05, 3.63) is 40.9 Å². The number of hydrogen-bond donors (Lipinski definition) is 1. The molecule has 0 amide bonds. The Bertz CT molecular complexity index is 582. The van der Waals surface area contributed by atoms with Crippen LogP contribution in [0, 0.1) is 0 Å². The van der Waals surface area contributed by atoms with E-state index in [1.165, 1.54) is 10.4 Å². The summed E-state index contributed by atoms with van der Waals surface area (Å²) in [4.78, 5) is 0.235. The van der Waals surface area contributed by atoms with Crippen molar-refractivity contribution in [2.24, 2.45) is 0 Å². The summed E-state index contributed by atoms with van der Waals surface area (Å²) in [5.74, 6) is 0. The topological polar surface area (TPSA) is 57.6 Å². The molecule has 0 aromatic heterocycles. The van der Waals surface area contributed by atoms with Crippen molar-refractivity contribution in [1.29, 1.82) is 0 Å². The van der Waals surface area contributed by atoms with Crippen molar-refractivity contribution < 1.29 is 13.5 Å². The fourth-order valence-electron chi connectivity index (χ4n) is 1.91. The summed E-state index contributed by atoms with van der Waals surface area (Å²) < 4.78 is 27.2. The van der Waals surface area contributed by atoms with Gasteiger partial charge in [-0.05, 0) is 46.5 Å². The van der Waals surface area contributed by atoms with Gasteiger partial charge in [-0.15, -0.1) is 6.58 Å². The molecule has 1 aromatic rings. The second kappa shape index (κ2) is 5.75. The van der Waals surface area contributed by atoms with Gasteiger partial charge in [0, 0.05) is 17.1 Å². The lowest BCUT2D eigenvalue weighted by Gasteiger charge is -2.21. The van der Waals surface area contributed by atoms with Crippen LogP contribution in [0.3, 0.4) is 0 Å². The Morgan fingerprint density at radius 3 is 2.63 bits per heavy atom. The van der Waals surface area contributed by atoms with Crippen molar-refractivity contribution in [1.82, 2.24) is 4.31 Å². The van der Waals surface area contributed by atoms with E-state index in [2.05, 4.69) is 22.5 Å². The van der Waals surface area contributed by atoms with E-state index >= 15 is 0 Å². The van der Waals surface area contributed by atoms with Gasteiger partial charge in [-0.2, -0.15) is 4.31 Å². The van der Waals surface area contributed by atoms with Crippen LogP contribution in [0.1, 0.15) is 18.4 Å². The molecule has 6 heteroatoms. The molecule has 4 nitrogen and oxygen atoms in total. The van der Waals surface area contributed by atoms with E-state index in [9.17, 15) is 8.42 Å². The predicted molar refractivity (Wildman–Crippen MR) is 77.2 cm³/mol. The Morgan fingerprint density at radius 1 is 1.47 bits per heavy atom. The molecule has 0 atom stereocenters. The summed E-state index contributed by atoms with van der Waals surface area (Å²) in [5.41, 5.74) is 0.674. The summed E-state index contributed by atoms with van der Waals surface area (Å²) in [5, 5.41) is 9.05. The smallest absolute Gasteiger partial charge is 0.244 e. The average Bonchev–Trinajstić information content (AvgIpc) is 3.19. The largest absolute Gasteiger partial charge is 0.392 e. The first kappa shape index (κ1) is 14.7. The molecule has 0 heterocycles. The maximum absolute atomic E-state index is 12.6. The number of aliphatic hydroxyl groups is 1. The fourth-order valence-corrected chi connectivity index (χ4v) is 4.65. The van der Waals surface area contributed by atoms with Crippen LogP contribution in [-0.2, 0) is 16.6 Å². The third-order valence-corrected chi connectivity index (χ3v) is 5.92. The zero-order valence-electron chi connectivity index (χ0n) is 10.4. The molecule has 0 spiro atoms. The molecular weight excluding hydrogens is 330 g/mol. The van der Waals surface area contributed by atoms with Crippen molar-refractivity contribution in [3.63, 3.8) is 0 Å². The highest BCUT2D eigenvalue weighted by Crippen LogP contribution is 2.34. The van der Waals surface area contributed by atoms with Crippen molar-refractivity contribution in [2.45, 2.75) is 30.4 Å². The van der Waals surface area contributed by atoms with E-state index in [-0.39, 0.29) is 17.5 Å². The zero-order valence-corrected chi connectivity index (χ0v) is 12.8. The summed E-state index contributed by atoms with van der Waals surface area (Å²) in [6, 6.07) is 4.87. The third-order valence-electron chi connectivity index (χ3n) is 3.03. The molecule has 0 unspecified atom stereocenters. The van der Waals surface area contributed by atoms with Crippen molar-refractivity contribution in [2.75, 3.05) is 6.54 Å². The molecule has 1 aliphatic rings. The summed E-state index contributed by atoms with van der Waals surface area (Å²) >= 11 is 3.27. The Morgan fingerprint density at radius 2 is 2.16 bits per heavy atom. The molecule has 0 radical (unpaired) electrons. The molecule has 1 fully saturated rings. The van der Waals surface area contributed by atoms with Crippen LogP contribution < -0.4 is 0 Å². The quantitative estimate of drug-likeness (QED) is 0.804. The molecular formula is C13H16BrNO3S. The van der Waals surface area contributed by atoms with Gasteiger partial charge in [0.05, 0.1) is 11.5 Å². The molecule has 2 rings (SSSR count). The Labute approximate surface area is 121 Å². The van der Waals surface area contributed by atoms with Crippen LogP contribution >= 0.6 is 15.9 Å². The first-order chi connectivity index (χ1) is 9.00. The maximum atomic E-state index is 12.6. The minimum atomic E-state index is -3.52. The van der Waals surface area contributed by atoms with Crippen LogP contribution in [0.2, 0.25) is 0 Å². The van der Waals surface area contributed by atoms with E-state index in [0.717, 1.165) is 12.8 Å². The van der Waals surface area contributed by atoms with Crippen LogP contribution in [0.15, 0.2) is 40.2 Å². The first-order valence-electron chi connectivity index (χ1n) is 6.02. The van der Waals surface area contributed by atoms with Gasteiger partial charge < -0.3 is 5.11 Å². The monoisotopic (exact) mass is 345 g/mol. The zero-order chi connectivity index (χ0) is 14.0.